The number of thioether (sulfide) groups is 1. The van der Waals surface area contributed by atoms with Crippen LogP contribution in [0.15, 0.2) is 65.6 Å². The molecule has 3 aromatic rings. The summed E-state index contributed by atoms with van der Waals surface area (Å²) in [6.45, 7) is 0.0702. The molecule has 0 aliphatic carbocycles. The van der Waals surface area contributed by atoms with E-state index in [-0.39, 0.29) is 30.3 Å². The minimum Gasteiger partial charge on any atom is -0.478 e. The van der Waals surface area contributed by atoms with Crippen LogP contribution in [0.4, 0.5) is 20.2 Å². The fourth-order valence-corrected chi connectivity index (χ4v) is 5.21. The zero-order chi connectivity index (χ0) is 28.3. The van der Waals surface area contributed by atoms with Crippen molar-refractivity contribution in [2.24, 2.45) is 0 Å². The number of halogens is 2. The van der Waals surface area contributed by atoms with Gasteiger partial charge in [0.05, 0.1) is 10.5 Å². The smallest absolute Gasteiger partial charge is 0.335 e. The summed E-state index contributed by atoms with van der Waals surface area (Å²) >= 11 is 6.49. The van der Waals surface area contributed by atoms with Crippen LogP contribution in [-0.2, 0) is 9.59 Å². The minimum absolute atomic E-state index is 0.0157. The summed E-state index contributed by atoms with van der Waals surface area (Å²) in [5.41, 5.74) is 3.15. The highest BCUT2D eigenvalue weighted by Crippen LogP contribution is 2.36. The van der Waals surface area contributed by atoms with E-state index in [1.807, 2.05) is 31.1 Å². The first-order valence-electron chi connectivity index (χ1n) is 11.7. The van der Waals surface area contributed by atoms with Crippen molar-refractivity contribution in [1.82, 2.24) is 4.90 Å². The van der Waals surface area contributed by atoms with Gasteiger partial charge in [-0.2, -0.15) is 0 Å². The van der Waals surface area contributed by atoms with Crippen LogP contribution >= 0.6 is 24.0 Å². The second kappa shape index (κ2) is 11.7. The monoisotopic (exact) mass is 567 g/mol. The fraction of sp³-hybridized carbons (Fsp3) is 0.143. The van der Waals surface area contributed by atoms with Gasteiger partial charge in [0.1, 0.15) is 4.32 Å². The Kier molecular flexibility index (Phi) is 8.41. The number of carbonyl (C=O) groups excluding carboxylic acids is 2. The molecule has 39 heavy (non-hydrogen) atoms. The normalized spacial score (nSPS) is 14.2. The van der Waals surface area contributed by atoms with Crippen LogP contribution in [0.5, 0.6) is 0 Å². The lowest BCUT2D eigenvalue weighted by Gasteiger charge is -2.18. The molecule has 0 unspecified atom stereocenters. The first-order valence-corrected chi connectivity index (χ1v) is 12.9. The van der Waals surface area contributed by atoms with E-state index in [1.54, 1.807) is 12.1 Å². The maximum absolute atomic E-state index is 13.9. The van der Waals surface area contributed by atoms with Gasteiger partial charge in [0, 0.05) is 44.0 Å². The van der Waals surface area contributed by atoms with Crippen molar-refractivity contribution < 1.29 is 28.3 Å². The molecule has 0 radical (unpaired) electrons. The number of aromatic carboxylic acids is 1. The van der Waals surface area contributed by atoms with Crippen LogP contribution < -0.4 is 10.2 Å². The van der Waals surface area contributed by atoms with Crippen LogP contribution in [0.2, 0.25) is 0 Å². The average Bonchev–Trinajstić information content (AvgIpc) is 3.16. The Morgan fingerprint density at radius 3 is 2.41 bits per heavy atom. The molecule has 1 saturated heterocycles. The fourth-order valence-electron chi connectivity index (χ4n) is 3.91. The van der Waals surface area contributed by atoms with E-state index >= 15 is 0 Å². The standard InChI is InChI=1S/C28H23F2N3O4S2/c1-32(2)23-10-3-16(13-20(23)18-6-9-21(29)22(30)15-18)14-24-26(35)33(28(38)39-24)12-11-25(34)31-19-7-4-17(5-8-19)27(36)37/h3-10,13-15H,11-12H2,1-2H3,(H,31,34)(H,36,37). The maximum Gasteiger partial charge on any atom is 0.335 e. The summed E-state index contributed by atoms with van der Waals surface area (Å²) < 4.78 is 27.8. The highest BCUT2D eigenvalue weighted by molar-refractivity contribution is 8.26. The number of nitrogens with zero attached hydrogens (tertiary/aromatic N) is 2. The Labute approximate surface area is 233 Å². The third kappa shape index (κ3) is 6.50. The van der Waals surface area contributed by atoms with E-state index in [0.29, 0.717) is 31.6 Å². The van der Waals surface area contributed by atoms with Crippen LogP contribution in [0, 0.1) is 11.6 Å². The summed E-state index contributed by atoms with van der Waals surface area (Å²) in [7, 11) is 3.68. The molecule has 200 valence electrons. The van der Waals surface area contributed by atoms with E-state index in [9.17, 15) is 23.2 Å². The number of hydrogen-bond donors (Lipinski definition) is 2. The summed E-state index contributed by atoms with van der Waals surface area (Å²) in [6.07, 6.45) is 1.66. The SMILES string of the molecule is CN(C)c1ccc(C=C2SC(=S)N(CCC(=O)Nc3ccc(C(=O)O)cc3)C2=O)cc1-c1ccc(F)c(F)c1. The van der Waals surface area contributed by atoms with Gasteiger partial charge in [0.25, 0.3) is 5.91 Å². The number of amides is 2. The van der Waals surface area contributed by atoms with Gasteiger partial charge >= 0.3 is 5.97 Å². The van der Waals surface area contributed by atoms with E-state index in [1.165, 1.54) is 35.2 Å². The molecule has 2 amide bonds. The quantitative estimate of drug-likeness (QED) is 0.270. The van der Waals surface area contributed by atoms with Crippen molar-refractivity contribution in [2.75, 3.05) is 30.9 Å². The van der Waals surface area contributed by atoms with Gasteiger partial charge in [-0.25, -0.2) is 13.6 Å². The molecule has 1 fully saturated rings. The van der Waals surface area contributed by atoms with Crippen molar-refractivity contribution in [3.63, 3.8) is 0 Å². The van der Waals surface area contributed by atoms with Crippen molar-refractivity contribution in [3.05, 3.63) is 88.3 Å². The van der Waals surface area contributed by atoms with Crippen LogP contribution in [0.25, 0.3) is 17.2 Å². The lowest BCUT2D eigenvalue weighted by Crippen LogP contribution is -2.31. The predicted molar refractivity (Wildman–Crippen MR) is 153 cm³/mol. The zero-order valence-electron chi connectivity index (χ0n) is 20.9. The first kappa shape index (κ1) is 27.9. The Balaban J connectivity index is 1.47. The van der Waals surface area contributed by atoms with Crippen LogP contribution in [-0.4, -0.2) is 52.8 Å². The molecule has 1 heterocycles. The Bertz CT molecular complexity index is 1510. The van der Waals surface area contributed by atoms with Gasteiger partial charge in [0.2, 0.25) is 5.91 Å². The molecular formula is C28H23F2N3O4S2. The maximum atomic E-state index is 13.9. The van der Waals surface area contributed by atoms with Gasteiger partial charge in [0.15, 0.2) is 11.6 Å². The van der Waals surface area contributed by atoms with Gasteiger partial charge < -0.3 is 15.3 Å². The molecule has 0 saturated carbocycles. The summed E-state index contributed by atoms with van der Waals surface area (Å²) in [6, 6.07) is 14.9. The highest BCUT2D eigenvalue weighted by Gasteiger charge is 2.32. The number of hydrogen-bond acceptors (Lipinski definition) is 6. The summed E-state index contributed by atoms with van der Waals surface area (Å²) in [5, 5.41) is 11.6. The van der Waals surface area contributed by atoms with Crippen molar-refractivity contribution >= 4 is 63.5 Å². The van der Waals surface area contributed by atoms with Crippen molar-refractivity contribution in [1.29, 1.82) is 0 Å². The minimum atomic E-state index is -1.07. The number of rotatable bonds is 8. The molecule has 0 aromatic heterocycles. The molecule has 3 aromatic carbocycles. The zero-order valence-corrected chi connectivity index (χ0v) is 22.5. The van der Waals surface area contributed by atoms with Crippen LogP contribution in [0.3, 0.4) is 0 Å². The number of carboxylic acids is 1. The molecular weight excluding hydrogens is 544 g/mol. The van der Waals surface area contributed by atoms with E-state index in [2.05, 4.69) is 5.32 Å². The van der Waals surface area contributed by atoms with Crippen LogP contribution in [0.1, 0.15) is 22.3 Å². The van der Waals surface area contributed by atoms with E-state index in [4.69, 9.17) is 17.3 Å². The second-order valence-electron chi connectivity index (χ2n) is 8.81. The van der Waals surface area contributed by atoms with Gasteiger partial charge in [-0.1, -0.05) is 36.1 Å². The number of anilines is 2. The van der Waals surface area contributed by atoms with Gasteiger partial charge in [-0.15, -0.1) is 0 Å². The number of carbonyl (C=O) groups is 3. The summed E-state index contributed by atoms with van der Waals surface area (Å²) in [4.78, 5) is 40.0. The second-order valence-corrected chi connectivity index (χ2v) is 10.5. The highest BCUT2D eigenvalue weighted by atomic mass is 32.2. The Morgan fingerprint density at radius 2 is 1.77 bits per heavy atom. The van der Waals surface area contributed by atoms with Crippen molar-refractivity contribution in [3.8, 4) is 11.1 Å². The number of nitrogens with one attached hydrogen (secondary N) is 1. The average molecular weight is 568 g/mol. The molecule has 0 atom stereocenters. The topological polar surface area (TPSA) is 89.9 Å². The Morgan fingerprint density at radius 1 is 1.05 bits per heavy atom. The molecule has 1 aliphatic heterocycles. The predicted octanol–water partition coefficient (Wildman–Crippen LogP) is 5.63. The van der Waals surface area contributed by atoms with Gasteiger partial charge in [-0.05, 0) is 65.7 Å². The largest absolute Gasteiger partial charge is 0.478 e. The lowest BCUT2D eigenvalue weighted by atomic mass is 9.99. The third-order valence-electron chi connectivity index (χ3n) is 5.88. The molecule has 1 aliphatic rings. The van der Waals surface area contributed by atoms with E-state index < -0.39 is 17.6 Å². The molecule has 7 nitrogen and oxygen atoms in total. The lowest BCUT2D eigenvalue weighted by molar-refractivity contribution is -0.122. The number of benzene rings is 3. The molecule has 2 N–H and O–H groups in total. The molecule has 0 bridgehead atoms. The molecule has 4 rings (SSSR count). The molecule has 0 spiro atoms. The van der Waals surface area contributed by atoms with Crippen molar-refractivity contribution in [2.45, 2.75) is 6.42 Å². The molecule has 11 heteroatoms. The number of thiocarbonyl (C=S) groups is 1. The Hall–Kier alpha value is -4.09. The number of carboxylic acid groups (broad SMARTS) is 1. The first-order chi connectivity index (χ1) is 18.5. The van der Waals surface area contributed by atoms with Gasteiger partial charge in [-0.3, -0.25) is 14.5 Å². The summed E-state index contributed by atoms with van der Waals surface area (Å²) in [5.74, 6) is -3.65. The third-order valence-corrected chi connectivity index (χ3v) is 7.26. The van der Waals surface area contributed by atoms with E-state index in [0.717, 1.165) is 29.6 Å².